The molecule has 0 spiro atoms. The first-order valence-electron chi connectivity index (χ1n) is 9.16. The zero-order chi connectivity index (χ0) is 18.2. The molecule has 2 nitrogen and oxygen atoms in total. The molecular weight excluding hydrogens is 348 g/mol. The van der Waals surface area contributed by atoms with Gasteiger partial charge < -0.3 is 0 Å². The third-order valence-electron chi connectivity index (χ3n) is 4.93. The zero-order valence-corrected chi connectivity index (χ0v) is 15.9. The summed E-state index contributed by atoms with van der Waals surface area (Å²) >= 11 is 1.74. The van der Waals surface area contributed by atoms with Gasteiger partial charge in [0.1, 0.15) is 5.01 Å². The van der Waals surface area contributed by atoms with Crippen LogP contribution in [0.25, 0.3) is 22.4 Å². The molecule has 1 atom stereocenters. The van der Waals surface area contributed by atoms with Crippen LogP contribution in [-0.4, -0.2) is 4.98 Å². The Hall–Kier alpha value is -3.04. The molecule has 2 heterocycles. The molecule has 0 amide bonds. The van der Waals surface area contributed by atoms with E-state index in [9.17, 15) is 0 Å². The Labute approximate surface area is 162 Å². The lowest BCUT2D eigenvalue weighted by Gasteiger charge is -2.14. The summed E-state index contributed by atoms with van der Waals surface area (Å²) in [5, 5.41) is 3.54. The van der Waals surface area contributed by atoms with E-state index < -0.39 is 0 Å². The second kappa shape index (κ2) is 6.60. The van der Waals surface area contributed by atoms with Gasteiger partial charge in [-0.25, -0.2) is 4.98 Å². The SMILES string of the molecule is CC1C=c2ccccc2=[N+](c2ccccc2)C1=Cc1nc2ccccc2s1. The molecular formula is C24H19N2S+. The van der Waals surface area contributed by atoms with Crippen molar-refractivity contribution in [3.63, 3.8) is 0 Å². The smallest absolute Gasteiger partial charge is 0.218 e. The summed E-state index contributed by atoms with van der Waals surface area (Å²) < 4.78 is 3.59. The van der Waals surface area contributed by atoms with Gasteiger partial charge in [-0.05, 0) is 25.1 Å². The van der Waals surface area contributed by atoms with E-state index in [1.54, 1.807) is 11.3 Å². The second-order valence-electron chi connectivity index (χ2n) is 6.77. The molecule has 0 saturated heterocycles. The van der Waals surface area contributed by atoms with Crippen molar-refractivity contribution in [1.82, 2.24) is 9.56 Å². The Morgan fingerprint density at radius 2 is 1.63 bits per heavy atom. The summed E-state index contributed by atoms with van der Waals surface area (Å²) in [7, 11) is 0. The molecule has 0 aliphatic carbocycles. The van der Waals surface area contributed by atoms with Gasteiger partial charge in [0.25, 0.3) is 0 Å². The quantitative estimate of drug-likeness (QED) is 0.473. The van der Waals surface area contributed by atoms with Gasteiger partial charge in [-0.1, -0.05) is 48.5 Å². The van der Waals surface area contributed by atoms with Crippen molar-refractivity contribution in [2.24, 2.45) is 5.92 Å². The third-order valence-corrected chi connectivity index (χ3v) is 5.91. The van der Waals surface area contributed by atoms with Crippen LogP contribution in [0, 0.1) is 5.92 Å². The standard InChI is InChI=1S/C24H19N2S/c1-17-15-18-9-5-7-13-21(18)26(19-10-3-2-4-11-19)22(17)16-24-25-20-12-6-8-14-23(20)27-24/h2-17H,1H3/q+1. The van der Waals surface area contributed by atoms with E-state index in [2.05, 4.69) is 96.4 Å². The van der Waals surface area contributed by atoms with E-state index in [-0.39, 0.29) is 0 Å². The number of fused-ring (bicyclic) bond motifs is 2. The molecule has 1 aliphatic rings. The van der Waals surface area contributed by atoms with Gasteiger partial charge in [-0.15, -0.1) is 11.3 Å². The zero-order valence-electron chi connectivity index (χ0n) is 15.0. The van der Waals surface area contributed by atoms with E-state index in [1.165, 1.54) is 26.7 Å². The van der Waals surface area contributed by atoms with Crippen molar-refractivity contribution in [2.75, 3.05) is 0 Å². The number of allylic oxidation sites excluding steroid dienone is 1. The predicted octanol–water partition coefficient (Wildman–Crippen LogP) is 4.59. The number of nitrogens with zero attached hydrogens (tertiary/aromatic N) is 2. The maximum Gasteiger partial charge on any atom is 0.218 e. The largest absolute Gasteiger partial charge is 0.236 e. The van der Waals surface area contributed by atoms with E-state index in [4.69, 9.17) is 4.98 Å². The van der Waals surface area contributed by atoms with Crippen molar-refractivity contribution in [1.29, 1.82) is 0 Å². The molecule has 27 heavy (non-hydrogen) atoms. The number of para-hydroxylation sites is 3. The van der Waals surface area contributed by atoms with Crippen molar-refractivity contribution in [3.8, 4) is 0 Å². The monoisotopic (exact) mass is 367 g/mol. The van der Waals surface area contributed by atoms with Crippen LogP contribution in [0.2, 0.25) is 0 Å². The van der Waals surface area contributed by atoms with Crippen molar-refractivity contribution < 1.29 is 0 Å². The first-order valence-corrected chi connectivity index (χ1v) is 9.97. The molecule has 0 N–H and O–H groups in total. The van der Waals surface area contributed by atoms with Gasteiger partial charge in [0, 0.05) is 29.5 Å². The molecule has 4 aromatic rings. The topological polar surface area (TPSA) is 15.9 Å². The molecule has 3 heteroatoms. The average Bonchev–Trinajstić information content (AvgIpc) is 3.12. The van der Waals surface area contributed by atoms with Crippen LogP contribution >= 0.6 is 11.3 Å². The molecule has 0 radical (unpaired) electrons. The fraction of sp³-hybridized carbons (Fsp3) is 0.0833. The Morgan fingerprint density at radius 3 is 2.48 bits per heavy atom. The van der Waals surface area contributed by atoms with E-state index >= 15 is 0 Å². The lowest BCUT2D eigenvalue weighted by Crippen LogP contribution is -2.42. The first kappa shape index (κ1) is 16.2. The van der Waals surface area contributed by atoms with Crippen LogP contribution in [0.5, 0.6) is 0 Å². The Kier molecular flexibility index (Phi) is 3.95. The highest BCUT2D eigenvalue weighted by molar-refractivity contribution is 7.19. The molecule has 5 rings (SSSR count). The highest BCUT2D eigenvalue weighted by atomic mass is 32.1. The lowest BCUT2D eigenvalue weighted by molar-refractivity contribution is 0.731. The van der Waals surface area contributed by atoms with E-state index in [0.717, 1.165) is 10.5 Å². The summed E-state index contributed by atoms with van der Waals surface area (Å²) in [5.41, 5.74) is 3.49. The maximum absolute atomic E-state index is 4.83. The summed E-state index contributed by atoms with van der Waals surface area (Å²) in [6, 6.07) is 27.5. The molecule has 1 aliphatic heterocycles. The summed E-state index contributed by atoms with van der Waals surface area (Å²) in [6.45, 7) is 2.25. The van der Waals surface area contributed by atoms with Crippen LogP contribution in [0.3, 0.4) is 0 Å². The molecule has 1 unspecified atom stereocenters. The van der Waals surface area contributed by atoms with Gasteiger partial charge in [0.05, 0.1) is 16.1 Å². The fourth-order valence-electron chi connectivity index (χ4n) is 3.67. The predicted molar refractivity (Wildman–Crippen MR) is 114 cm³/mol. The maximum atomic E-state index is 4.83. The fourth-order valence-corrected chi connectivity index (χ4v) is 4.58. The van der Waals surface area contributed by atoms with Crippen molar-refractivity contribution >= 4 is 39.4 Å². The highest BCUT2D eigenvalue weighted by Crippen LogP contribution is 2.27. The number of thiazole rings is 1. The molecule has 0 fully saturated rings. The summed E-state index contributed by atoms with van der Waals surface area (Å²) in [6.07, 6.45) is 4.59. The number of hydrogen-bond acceptors (Lipinski definition) is 2. The van der Waals surface area contributed by atoms with Gasteiger partial charge >= 0.3 is 0 Å². The van der Waals surface area contributed by atoms with Gasteiger partial charge in [-0.3, -0.25) is 0 Å². The lowest BCUT2D eigenvalue weighted by atomic mass is 10.0. The van der Waals surface area contributed by atoms with Crippen LogP contribution in [0.1, 0.15) is 11.9 Å². The average molecular weight is 367 g/mol. The normalized spacial score (nSPS) is 17.7. The van der Waals surface area contributed by atoms with E-state index in [0.29, 0.717) is 5.92 Å². The highest BCUT2D eigenvalue weighted by Gasteiger charge is 2.26. The Bertz CT molecular complexity index is 1250. The van der Waals surface area contributed by atoms with Gasteiger partial charge in [0.15, 0.2) is 5.70 Å². The van der Waals surface area contributed by atoms with Gasteiger partial charge in [-0.2, -0.15) is 4.58 Å². The van der Waals surface area contributed by atoms with Crippen LogP contribution in [0.4, 0.5) is 5.69 Å². The number of hydrogen-bond donors (Lipinski definition) is 0. The van der Waals surface area contributed by atoms with Crippen molar-refractivity contribution in [3.05, 3.63) is 100 Å². The molecule has 1 aromatic heterocycles. The Balaban J connectivity index is 1.79. The molecule has 0 saturated carbocycles. The molecule has 3 aromatic carbocycles. The molecule has 130 valence electrons. The first-order chi connectivity index (χ1) is 13.3. The van der Waals surface area contributed by atoms with Gasteiger partial charge in [0.2, 0.25) is 11.0 Å². The minimum atomic E-state index is 0.298. The van der Waals surface area contributed by atoms with Crippen molar-refractivity contribution in [2.45, 2.75) is 6.92 Å². The number of rotatable bonds is 2. The van der Waals surface area contributed by atoms with Crippen LogP contribution < -0.4 is 15.2 Å². The minimum Gasteiger partial charge on any atom is -0.236 e. The third kappa shape index (κ3) is 2.90. The minimum absolute atomic E-state index is 0.298. The second-order valence-corrected chi connectivity index (χ2v) is 7.84. The summed E-state index contributed by atoms with van der Waals surface area (Å²) in [5.74, 6) is 0.298. The molecule has 0 bridgehead atoms. The summed E-state index contributed by atoms with van der Waals surface area (Å²) in [4.78, 5) is 4.83. The Morgan fingerprint density at radius 1 is 0.889 bits per heavy atom. The van der Waals surface area contributed by atoms with Crippen LogP contribution in [0.15, 0.2) is 84.6 Å². The van der Waals surface area contributed by atoms with Crippen LogP contribution in [-0.2, 0) is 0 Å². The number of aromatic nitrogens is 1. The van der Waals surface area contributed by atoms with E-state index in [1.807, 2.05) is 6.07 Å². The number of benzene rings is 3.